The molecule has 0 aliphatic rings. The Morgan fingerprint density at radius 3 is 2.33 bits per heavy atom. The molecule has 94 valence electrons. The average Bonchev–Trinajstić information content (AvgIpc) is 2.32. The average molecular weight is 269 g/mol. The highest BCUT2D eigenvalue weighted by atomic mass is 32.2. The van der Waals surface area contributed by atoms with Gasteiger partial charge in [0, 0.05) is 6.07 Å². The van der Waals surface area contributed by atoms with Crippen LogP contribution in [0.2, 0.25) is 0 Å². The lowest BCUT2D eigenvalue weighted by molar-refractivity contribution is 0.599. The first kappa shape index (κ1) is 12.2. The maximum Gasteiger partial charge on any atom is 0.264 e. The molecule has 0 fully saturated rings. The molecule has 2 aromatic rings. The van der Waals surface area contributed by atoms with Crippen molar-refractivity contribution in [2.45, 2.75) is 4.90 Å². The zero-order valence-corrected chi connectivity index (χ0v) is 9.74. The van der Waals surface area contributed by atoms with Gasteiger partial charge in [-0.05, 0) is 30.3 Å². The number of nitrogens with one attached hydrogen (secondary N) is 2. The summed E-state index contributed by atoms with van der Waals surface area (Å²) >= 11 is 0. The molecule has 0 atom stereocenters. The Labute approximate surface area is 102 Å². The van der Waals surface area contributed by atoms with Gasteiger partial charge in [0.25, 0.3) is 15.6 Å². The first-order valence-electron chi connectivity index (χ1n) is 4.81. The number of benzene rings is 1. The van der Waals surface area contributed by atoms with Gasteiger partial charge in [0.2, 0.25) is 0 Å². The third kappa shape index (κ3) is 2.72. The van der Waals surface area contributed by atoms with E-state index in [4.69, 9.17) is 0 Å². The lowest BCUT2D eigenvalue weighted by Gasteiger charge is -2.06. The molecule has 2 N–H and O–H groups in total. The van der Waals surface area contributed by atoms with Crippen molar-refractivity contribution in [3.63, 3.8) is 0 Å². The van der Waals surface area contributed by atoms with Crippen molar-refractivity contribution in [2.75, 3.05) is 4.72 Å². The van der Waals surface area contributed by atoms with Crippen LogP contribution in [0.4, 0.5) is 10.2 Å². The highest BCUT2D eigenvalue weighted by Gasteiger charge is 2.14. The molecule has 2 rings (SSSR count). The largest absolute Gasteiger partial charge is 0.268 e. The third-order valence-corrected chi connectivity index (χ3v) is 3.41. The molecule has 0 radical (unpaired) electrons. The van der Waals surface area contributed by atoms with Crippen molar-refractivity contribution in [1.29, 1.82) is 0 Å². The molecule has 0 unspecified atom stereocenters. The van der Waals surface area contributed by atoms with Crippen LogP contribution in [-0.4, -0.2) is 18.6 Å². The number of aromatic nitrogens is 2. The molecule has 1 heterocycles. The van der Waals surface area contributed by atoms with E-state index in [1.54, 1.807) is 0 Å². The summed E-state index contributed by atoms with van der Waals surface area (Å²) in [6, 6.07) is 6.69. The van der Waals surface area contributed by atoms with Crippen LogP contribution in [0.3, 0.4) is 0 Å². The molecule has 0 aliphatic heterocycles. The molecule has 1 aromatic carbocycles. The van der Waals surface area contributed by atoms with Crippen molar-refractivity contribution >= 4 is 15.8 Å². The number of nitrogens with zero attached hydrogens (tertiary/aromatic N) is 1. The number of rotatable bonds is 3. The van der Waals surface area contributed by atoms with E-state index < -0.39 is 21.4 Å². The molecule has 0 bridgehead atoms. The van der Waals surface area contributed by atoms with Crippen LogP contribution in [0.1, 0.15) is 0 Å². The molecule has 0 saturated carbocycles. The van der Waals surface area contributed by atoms with Gasteiger partial charge in [0.05, 0.1) is 4.90 Å². The van der Waals surface area contributed by atoms with E-state index in [-0.39, 0.29) is 10.7 Å². The fourth-order valence-corrected chi connectivity index (χ4v) is 2.21. The Morgan fingerprint density at radius 1 is 1.11 bits per heavy atom. The van der Waals surface area contributed by atoms with Gasteiger partial charge >= 0.3 is 0 Å². The standard InChI is InChI=1S/C10H8FN3O3S/c11-7-1-3-8(4-2-7)18(16,17)14-9-5-6-10(15)13-12-9/h1-6H,(H,12,14)(H,13,15). The van der Waals surface area contributed by atoms with Crippen LogP contribution in [0, 0.1) is 5.82 Å². The van der Waals surface area contributed by atoms with Crippen molar-refractivity contribution in [3.05, 3.63) is 52.6 Å². The normalized spacial score (nSPS) is 11.2. The van der Waals surface area contributed by atoms with Gasteiger partial charge < -0.3 is 0 Å². The first-order chi connectivity index (χ1) is 8.47. The van der Waals surface area contributed by atoms with Gasteiger partial charge in [-0.15, -0.1) is 0 Å². The van der Waals surface area contributed by atoms with Gasteiger partial charge in [-0.3, -0.25) is 9.52 Å². The van der Waals surface area contributed by atoms with Crippen LogP contribution in [-0.2, 0) is 10.0 Å². The van der Waals surface area contributed by atoms with Gasteiger partial charge in [0.1, 0.15) is 5.82 Å². The summed E-state index contributed by atoms with van der Waals surface area (Å²) in [6.45, 7) is 0. The SMILES string of the molecule is O=c1ccc(NS(=O)(=O)c2ccc(F)cc2)n[nH]1. The minimum absolute atomic E-state index is 0.0288. The fraction of sp³-hybridized carbons (Fsp3) is 0. The maximum absolute atomic E-state index is 12.7. The maximum atomic E-state index is 12.7. The molecular formula is C10H8FN3O3S. The van der Waals surface area contributed by atoms with Gasteiger partial charge in [-0.1, -0.05) is 0 Å². The zero-order valence-electron chi connectivity index (χ0n) is 8.92. The summed E-state index contributed by atoms with van der Waals surface area (Å²) in [5.74, 6) is -0.560. The van der Waals surface area contributed by atoms with E-state index in [1.807, 2.05) is 0 Å². The van der Waals surface area contributed by atoms with Crippen molar-refractivity contribution in [3.8, 4) is 0 Å². The van der Waals surface area contributed by atoms with Gasteiger partial charge in [-0.25, -0.2) is 17.9 Å². The second-order valence-electron chi connectivity index (χ2n) is 3.37. The number of hydrogen-bond donors (Lipinski definition) is 2. The Bertz CT molecular complexity index is 689. The summed E-state index contributed by atoms with van der Waals surface area (Å²) < 4.78 is 38.5. The molecule has 6 nitrogen and oxygen atoms in total. The zero-order chi connectivity index (χ0) is 13.2. The molecule has 0 saturated heterocycles. The lowest BCUT2D eigenvalue weighted by atomic mass is 10.4. The van der Waals surface area contributed by atoms with E-state index in [2.05, 4.69) is 14.9 Å². The number of halogens is 1. The third-order valence-electron chi connectivity index (χ3n) is 2.04. The van der Waals surface area contributed by atoms with Crippen LogP contribution in [0.15, 0.2) is 46.1 Å². The lowest BCUT2D eigenvalue weighted by Crippen LogP contribution is -2.16. The monoisotopic (exact) mass is 269 g/mol. The predicted molar refractivity (Wildman–Crippen MR) is 62.1 cm³/mol. The molecule has 8 heteroatoms. The van der Waals surface area contributed by atoms with E-state index in [0.717, 1.165) is 30.3 Å². The van der Waals surface area contributed by atoms with Crippen LogP contribution in [0.5, 0.6) is 0 Å². The minimum Gasteiger partial charge on any atom is -0.268 e. The van der Waals surface area contributed by atoms with Crippen molar-refractivity contribution in [1.82, 2.24) is 10.2 Å². The van der Waals surface area contributed by atoms with Crippen molar-refractivity contribution < 1.29 is 12.8 Å². The van der Waals surface area contributed by atoms with E-state index >= 15 is 0 Å². The second-order valence-corrected chi connectivity index (χ2v) is 5.05. The quantitative estimate of drug-likeness (QED) is 0.858. The fourth-order valence-electron chi connectivity index (χ4n) is 1.21. The van der Waals surface area contributed by atoms with Gasteiger partial charge in [-0.2, -0.15) is 5.10 Å². The second kappa shape index (κ2) is 4.57. The van der Waals surface area contributed by atoms with Gasteiger partial charge in [0.15, 0.2) is 5.82 Å². The van der Waals surface area contributed by atoms with E-state index in [1.165, 1.54) is 6.07 Å². The smallest absolute Gasteiger partial charge is 0.264 e. The highest BCUT2D eigenvalue weighted by molar-refractivity contribution is 7.92. The molecule has 0 spiro atoms. The number of aromatic amines is 1. The molecular weight excluding hydrogens is 261 g/mol. The summed E-state index contributed by atoms with van der Waals surface area (Å²) in [5.41, 5.74) is -0.445. The molecule has 0 amide bonds. The summed E-state index contributed by atoms with van der Waals surface area (Å²) in [4.78, 5) is 10.7. The summed E-state index contributed by atoms with van der Waals surface area (Å²) in [5, 5.41) is 5.60. The Kier molecular flexibility index (Phi) is 3.11. The number of sulfonamides is 1. The van der Waals surface area contributed by atoms with Crippen LogP contribution in [0.25, 0.3) is 0 Å². The van der Waals surface area contributed by atoms with Crippen LogP contribution >= 0.6 is 0 Å². The number of H-pyrrole nitrogens is 1. The molecule has 0 aliphatic carbocycles. The predicted octanol–water partition coefficient (Wildman–Crippen LogP) is 0.710. The summed E-state index contributed by atoms with van der Waals surface area (Å²) in [7, 11) is -3.84. The number of anilines is 1. The Hall–Kier alpha value is -2.22. The summed E-state index contributed by atoms with van der Waals surface area (Å²) in [6.07, 6.45) is 0. The first-order valence-corrected chi connectivity index (χ1v) is 6.30. The topological polar surface area (TPSA) is 91.9 Å². The molecule has 18 heavy (non-hydrogen) atoms. The minimum atomic E-state index is -3.84. The Balaban J connectivity index is 2.29. The Morgan fingerprint density at radius 2 is 1.78 bits per heavy atom. The van der Waals surface area contributed by atoms with Crippen molar-refractivity contribution in [2.24, 2.45) is 0 Å². The number of hydrogen-bond acceptors (Lipinski definition) is 4. The van der Waals surface area contributed by atoms with Crippen LogP contribution < -0.4 is 10.3 Å². The highest BCUT2D eigenvalue weighted by Crippen LogP contribution is 2.13. The van der Waals surface area contributed by atoms with E-state index in [0.29, 0.717) is 0 Å². The molecule has 1 aromatic heterocycles. The van der Waals surface area contributed by atoms with E-state index in [9.17, 15) is 17.6 Å².